The summed E-state index contributed by atoms with van der Waals surface area (Å²) >= 11 is 0. The fourth-order valence-corrected chi connectivity index (χ4v) is 17.1. The van der Waals surface area contributed by atoms with E-state index in [-0.39, 0.29) is 160 Å². The molecule has 802 valence electrons. The number of methoxy groups -OCH3 is 2. The fourth-order valence-electron chi connectivity index (χ4n) is 17.1. The number of hydrogen-bond donors (Lipinski definition) is 2. The molecule has 0 radical (unpaired) electrons. The fraction of sp³-hybridized carbons (Fsp3) is 0.873. The van der Waals surface area contributed by atoms with Crippen LogP contribution in [0.15, 0.2) is 0 Å². The van der Waals surface area contributed by atoms with Gasteiger partial charge >= 0.3 is 71.6 Å². The summed E-state index contributed by atoms with van der Waals surface area (Å²) in [4.78, 5) is 142. The van der Waals surface area contributed by atoms with E-state index in [1.54, 1.807) is 69.6 Å². The second-order valence-corrected chi connectivity index (χ2v) is 39.5. The number of carbonyl (C=O) groups excluding carboxylic acids is 12. The van der Waals surface area contributed by atoms with Gasteiger partial charge in [-0.25, -0.2) is 19.2 Å². The summed E-state index contributed by atoms with van der Waals surface area (Å²) in [5.74, 6) is -5.24. The van der Waals surface area contributed by atoms with Gasteiger partial charge in [-0.05, 0) is 193 Å². The van der Waals surface area contributed by atoms with Gasteiger partial charge in [0.05, 0.1) is 58.2 Å². The van der Waals surface area contributed by atoms with Crippen molar-refractivity contribution in [2.45, 2.75) is 484 Å². The number of hydrogen-bond acceptors (Lipinski definition) is 35. The lowest BCUT2D eigenvalue weighted by Crippen LogP contribution is -2.42. The number of nitriles is 1. The van der Waals surface area contributed by atoms with Crippen molar-refractivity contribution in [2.75, 3.05) is 27.9 Å². The molecule has 0 aromatic heterocycles. The van der Waals surface area contributed by atoms with E-state index < -0.39 is 190 Å². The van der Waals surface area contributed by atoms with Crippen molar-refractivity contribution in [1.29, 1.82) is 5.26 Å². The van der Waals surface area contributed by atoms with Gasteiger partial charge in [0.25, 0.3) is 0 Å². The summed E-state index contributed by atoms with van der Waals surface area (Å²) < 4.78 is 107. The second-order valence-electron chi connectivity index (χ2n) is 39.5. The Morgan fingerprint density at radius 1 is 0.409 bits per heavy atom. The van der Waals surface area contributed by atoms with Gasteiger partial charge in [0.1, 0.15) is 42.7 Å². The highest BCUT2D eigenvalue weighted by Crippen LogP contribution is 2.63. The lowest BCUT2D eigenvalue weighted by Gasteiger charge is -2.33. The van der Waals surface area contributed by atoms with Crippen LogP contribution in [0.2, 0.25) is 0 Å². The maximum absolute atomic E-state index is 12.3. The Labute approximate surface area is 821 Å². The SMILES string of the molecule is C.C.C.C.C.C.C.C.C.C.C.C.CCC(C)(C)C(=O)OC.CCC(C)(C)C(=O)OC1C(=O)OC2C(O)C(O)OC12.CCC(C)(C)C(=O)OC1C(=O)OC2C3OC(C)(C)OC3OC12.CCC(C)(C)C(=O)OC1C(=O)OC2C3OC4(CCCCC4)OC3OC12.CCC(C)(C)C(=O)OC1C(=O)OC2CCCC21.CCC(C)(C)C(=O)OC1C2CC3C1OC(=O)C3(C#N)C2.COC.O=C1OCC2CCCCC12. The van der Waals surface area contributed by atoms with Crippen molar-refractivity contribution in [3.05, 3.63) is 0 Å². The zero-order valence-corrected chi connectivity index (χ0v) is 77.1. The minimum absolute atomic E-state index is 0. The Morgan fingerprint density at radius 3 is 1.21 bits per heavy atom. The van der Waals surface area contributed by atoms with Crippen LogP contribution in [0.4, 0.5) is 0 Å². The maximum atomic E-state index is 12.3. The third-order valence-corrected chi connectivity index (χ3v) is 27.9. The summed E-state index contributed by atoms with van der Waals surface area (Å²) in [5.41, 5.74) is -4.40. The van der Waals surface area contributed by atoms with Crippen molar-refractivity contribution < 1.29 is 162 Å². The molecular weight excluding hydrogens is 1780 g/mol. The molecule has 1 spiro atoms. The Hall–Kier alpha value is -7.27. The van der Waals surface area contributed by atoms with Crippen LogP contribution in [-0.2, 0) is 152 Å². The summed E-state index contributed by atoms with van der Waals surface area (Å²) in [7, 11) is 4.67. The maximum Gasteiger partial charge on any atom is 0.350 e. The number of aliphatic hydroxyl groups excluding tert-OH is 2. The Kier molecular flexibility index (Phi) is 53.9. The molecule has 35 nitrogen and oxygen atoms in total. The first kappa shape index (κ1) is 136. The molecule has 16 fully saturated rings. The Balaban J connectivity index is -0.000000752. The molecule has 2 N–H and O–H groups in total. The van der Waals surface area contributed by atoms with Crippen molar-refractivity contribution in [2.24, 2.45) is 67.5 Å². The first-order valence-corrected chi connectivity index (χ1v) is 44.6. The number of nitrogens with zero attached hydrogens (tertiary/aromatic N) is 1. The highest BCUT2D eigenvalue weighted by atomic mass is 16.9. The van der Waals surface area contributed by atoms with E-state index in [0.717, 1.165) is 64.2 Å². The van der Waals surface area contributed by atoms with Crippen molar-refractivity contribution in [1.82, 2.24) is 0 Å². The van der Waals surface area contributed by atoms with E-state index in [1.165, 1.54) is 32.8 Å². The van der Waals surface area contributed by atoms with E-state index in [9.17, 15) is 73.0 Å². The number of esters is 12. The number of aliphatic hydroxyl groups is 2. The van der Waals surface area contributed by atoms with Crippen LogP contribution < -0.4 is 0 Å². The molecule has 16 rings (SSSR count). The summed E-state index contributed by atoms with van der Waals surface area (Å²) in [6.45, 7) is 37.3. The van der Waals surface area contributed by atoms with Crippen LogP contribution in [-0.4, -0.2) is 238 Å². The molecule has 5 saturated carbocycles. The van der Waals surface area contributed by atoms with Crippen LogP contribution in [0, 0.1) is 78.8 Å². The lowest BCUT2D eigenvalue weighted by atomic mass is 9.74. The number of ether oxygens (including phenoxy) is 20. The standard InChI is InChI=1S/C18H26O7.C15H19NO4.C15H22O7.C13H20O4.C12H18O7.C8H12O2.C7H14O2.C2H6O.12CH4/c1-4-17(2,3)16(20)23-12-10-11(21-14(12)19)13-15(22-10)25-18(24-13)8-6-5-7-9-18;1-4-14(2,3)12(17)19-10-8-5-9-11(10)20-13(18)15(9,6-8)7-16;1-6-14(2,3)13(17)20-9-7-8(18-11(9)16)10-12(19-7)22-15(4,5)21-10;1-4-13(2,3)12(15)17-10-8-6-5-7-9(8)16-11(10)14;1-4-12(2,3)11(16)19-8-7-6(17-10(8)15)5(13)9(14)18-7;9-8-7-4-2-1-3-6(7)5-10-8;1-5-7(2,3)6(8)9-4;1-3-2;;;;;;;;;;;;/h10-13,15H,4-9H2,1-3H3;8-11H,4-6H2,1-3H3;7-10,12H,6H2,1-5H3;8-10H,4-7H2,1-3H3;5-9,13-14H,4H2,1-3H3;6-7H,1-5H2;5H2,1-4H3;1-2H3;12*1H4. The molecule has 5 aliphatic carbocycles. The minimum Gasteiger partial charge on any atom is -0.469 e. The molecule has 11 heterocycles. The highest BCUT2D eigenvalue weighted by molar-refractivity contribution is 5.88. The van der Waals surface area contributed by atoms with E-state index >= 15 is 0 Å². The van der Waals surface area contributed by atoms with E-state index in [0.29, 0.717) is 51.0 Å². The molecule has 11 aliphatic heterocycles. The van der Waals surface area contributed by atoms with Crippen LogP contribution in [0.1, 0.15) is 356 Å². The van der Waals surface area contributed by atoms with Gasteiger partial charge in [-0.3, -0.25) is 38.4 Å². The van der Waals surface area contributed by atoms with Gasteiger partial charge in [0, 0.05) is 50.7 Å². The molecule has 137 heavy (non-hydrogen) atoms. The molecule has 25 atom stereocenters. The zero-order chi connectivity index (χ0) is 93.0. The van der Waals surface area contributed by atoms with E-state index in [1.807, 2.05) is 83.1 Å². The average Bonchev–Trinajstić information content (AvgIpc) is 1.53. The number of fused-ring (bicyclic) bond motifs is 10. The van der Waals surface area contributed by atoms with Gasteiger partial charge in [-0.2, -0.15) is 5.26 Å². The Morgan fingerprint density at radius 2 is 0.796 bits per heavy atom. The molecule has 0 amide bonds. The first-order valence-electron chi connectivity index (χ1n) is 44.6. The van der Waals surface area contributed by atoms with Crippen LogP contribution >= 0.6 is 0 Å². The van der Waals surface area contributed by atoms with Crippen LogP contribution in [0.3, 0.4) is 0 Å². The normalized spacial score (nSPS) is 32.5. The average molecular weight is 1970 g/mol. The van der Waals surface area contributed by atoms with E-state index in [2.05, 4.69) is 15.5 Å². The zero-order valence-electron chi connectivity index (χ0n) is 77.1. The second kappa shape index (κ2) is 54.3. The van der Waals surface area contributed by atoms with Crippen LogP contribution in [0.25, 0.3) is 0 Å². The third-order valence-electron chi connectivity index (χ3n) is 27.9. The van der Waals surface area contributed by atoms with E-state index in [4.69, 9.17) is 85.3 Å². The predicted molar refractivity (Wildman–Crippen MR) is 513 cm³/mol. The van der Waals surface area contributed by atoms with Gasteiger partial charge in [0.15, 0.2) is 66.4 Å². The molecule has 0 aromatic carbocycles. The summed E-state index contributed by atoms with van der Waals surface area (Å²) in [6.07, 6.45) is 3.57. The molecule has 16 aliphatic rings. The van der Waals surface area contributed by atoms with Crippen molar-refractivity contribution >= 4 is 71.6 Å². The summed E-state index contributed by atoms with van der Waals surface area (Å²) in [5, 5.41) is 28.2. The lowest BCUT2D eigenvalue weighted by molar-refractivity contribution is -0.246. The molecule has 0 aromatic rings. The van der Waals surface area contributed by atoms with Crippen molar-refractivity contribution in [3.8, 4) is 6.07 Å². The Bertz CT molecular complexity index is 3910. The third kappa shape index (κ3) is 29.5. The van der Waals surface area contributed by atoms with Crippen LogP contribution in [0.5, 0.6) is 0 Å². The predicted octanol–water partition coefficient (Wildman–Crippen LogP) is 17.2. The van der Waals surface area contributed by atoms with Crippen molar-refractivity contribution in [3.63, 3.8) is 0 Å². The highest BCUT2D eigenvalue weighted by Gasteiger charge is 2.73. The molecule has 11 saturated heterocycles. The van der Waals surface area contributed by atoms with Gasteiger partial charge in [0.2, 0.25) is 24.4 Å². The topological polar surface area (TPSA) is 454 Å². The smallest absolute Gasteiger partial charge is 0.350 e. The first-order chi connectivity index (χ1) is 58.4. The van der Waals surface area contributed by atoms with Gasteiger partial charge in [-0.1, -0.05) is 150 Å². The summed E-state index contributed by atoms with van der Waals surface area (Å²) in [6, 6.07) is 2.15. The minimum atomic E-state index is -1.44. The molecule has 25 unspecified atom stereocenters. The monoisotopic (exact) mass is 1970 g/mol. The molecule has 2 bridgehead atoms. The number of cyclic esters (lactones) is 1. The molecule has 35 heteroatoms. The van der Waals surface area contributed by atoms with Gasteiger partial charge in [-0.15, -0.1) is 0 Å². The quantitative estimate of drug-likeness (QED) is 0.101. The number of carbonyl (C=O) groups is 12. The van der Waals surface area contributed by atoms with Gasteiger partial charge < -0.3 is 105 Å². The molecular formula is C102H185NO34. The largest absolute Gasteiger partial charge is 0.469 e. The number of rotatable bonds is 17.